The Balaban J connectivity index is 1.81. The van der Waals surface area contributed by atoms with Crippen LogP contribution >= 0.6 is 0 Å². The van der Waals surface area contributed by atoms with E-state index in [2.05, 4.69) is 73.7 Å². The van der Waals surface area contributed by atoms with Crippen LogP contribution in [-0.2, 0) is 13.1 Å². The lowest BCUT2D eigenvalue weighted by atomic mass is 10.2. The second-order valence-corrected chi connectivity index (χ2v) is 5.80. The van der Waals surface area contributed by atoms with Gasteiger partial charge in [0, 0.05) is 36.1 Å². The molecule has 0 unspecified atom stereocenters. The Morgan fingerprint density at radius 1 is 0.650 bits per heavy atom. The maximum atomic E-state index is 2.30. The molecular formula is C18H26N2+2. The molecule has 0 amide bonds. The van der Waals surface area contributed by atoms with E-state index in [1.54, 1.807) is 0 Å². The van der Waals surface area contributed by atoms with E-state index in [-0.39, 0.29) is 0 Å². The molecule has 0 saturated carbocycles. The van der Waals surface area contributed by atoms with Crippen LogP contribution in [0, 0.1) is 27.7 Å². The number of aromatic nitrogens is 2. The lowest BCUT2D eigenvalue weighted by Crippen LogP contribution is -2.36. The lowest BCUT2D eigenvalue weighted by Gasteiger charge is -2.01. The van der Waals surface area contributed by atoms with Gasteiger partial charge >= 0.3 is 0 Å². The molecule has 0 aliphatic heterocycles. The van der Waals surface area contributed by atoms with Gasteiger partial charge in [0.25, 0.3) is 0 Å². The van der Waals surface area contributed by atoms with Crippen molar-refractivity contribution in [3.8, 4) is 0 Å². The molecule has 0 saturated heterocycles. The third-order valence-corrected chi connectivity index (χ3v) is 4.08. The third kappa shape index (κ3) is 3.89. The molecule has 2 aromatic rings. The number of nitrogens with zero attached hydrogens (tertiary/aromatic N) is 2. The van der Waals surface area contributed by atoms with Gasteiger partial charge in [0.1, 0.15) is 13.1 Å². The maximum absolute atomic E-state index is 2.30. The highest BCUT2D eigenvalue weighted by Gasteiger charge is 2.06. The Morgan fingerprint density at radius 3 is 1.40 bits per heavy atom. The lowest BCUT2D eigenvalue weighted by molar-refractivity contribution is -0.708. The molecule has 2 heteroatoms. The Bertz CT molecular complexity index is 534. The van der Waals surface area contributed by atoms with Gasteiger partial charge in [-0.15, -0.1) is 0 Å². The summed E-state index contributed by atoms with van der Waals surface area (Å²) in [5, 5.41) is 0. The van der Waals surface area contributed by atoms with Crippen molar-refractivity contribution in [3.63, 3.8) is 0 Å². The fourth-order valence-electron chi connectivity index (χ4n) is 2.33. The number of unbranched alkanes of at least 4 members (excludes halogenated alkanes) is 1. The van der Waals surface area contributed by atoms with Gasteiger partial charge in [0.05, 0.1) is 0 Å². The second-order valence-electron chi connectivity index (χ2n) is 5.80. The summed E-state index contributed by atoms with van der Waals surface area (Å²) in [4.78, 5) is 0. The number of pyridine rings is 2. The summed E-state index contributed by atoms with van der Waals surface area (Å²) in [7, 11) is 0. The number of rotatable bonds is 5. The summed E-state index contributed by atoms with van der Waals surface area (Å²) in [5.41, 5.74) is 5.48. The van der Waals surface area contributed by atoms with Gasteiger partial charge in [-0.25, -0.2) is 9.13 Å². The van der Waals surface area contributed by atoms with Crippen LogP contribution in [0.25, 0.3) is 0 Å². The highest BCUT2D eigenvalue weighted by atomic mass is 14.9. The van der Waals surface area contributed by atoms with Crippen LogP contribution in [-0.4, -0.2) is 0 Å². The Hall–Kier alpha value is -1.70. The van der Waals surface area contributed by atoms with Crippen molar-refractivity contribution in [2.75, 3.05) is 0 Å². The number of hydrogen-bond acceptors (Lipinski definition) is 0. The SMILES string of the molecule is Cc1cc[n+](CCCC[n+]2ccc(C)c(C)c2)cc1C. The maximum Gasteiger partial charge on any atom is 0.171 e. The molecule has 106 valence electrons. The van der Waals surface area contributed by atoms with Crippen LogP contribution in [0.4, 0.5) is 0 Å². The molecule has 0 aliphatic rings. The third-order valence-electron chi connectivity index (χ3n) is 4.08. The van der Waals surface area contributed by atoms with Crippen molar-refractivity contribution in [2.45, 2.75) is 53.6 Å². The highest BCUT2D eigenvalue weighted by Crippen LogP contribution is 2.02. The van der Waals surface area contributed by atoms with Crippen LogP contribution < -0.4 is 9.13 Å². The molecule has 0 spiro atoms. The minimum atomic E-state index is 1.10. The first kappa shape index (κ1) is 14.7. The minimum Gasteiger partial charge on any atom is -0.205 e. The van der Waals surface area contributed by atoms with Gasteiger partial charge in [0.15, 0.2) is 24.8 Å². The molecule has 0 atom stereocenters. The van der Waals surface area contributed by atoms with Gasteiger partial charge in [-0.3, -0.25) is 0 Å². The normalized spacial score (nSPS) is 10.8. The van der Waals surface area contributed by atoms with E-state index < -0.39 is 0 Å². The largest absolute Gasteiger partial charge is 0.205 e. The molecule has 2 rings (SSSR count). The van der Waals surface area contributed by atoms with E-state index in [9.17, 15) is 0 Å². The average Bonchev–Trinajstić information content (AvgIpc) is 2.42. The molecule has 0 fully saturated rings. The minimum absolute atomic E-state index is 1.10. The Kier molecular flexibility index (Phi) is 4.89. The van der Waals surface area contributed by atoms with Crippen LogP contribution in [0.1, 0.15) is 35.1 Å². The van der Waals surface area contributed by atoms with Crippen molar-refractivity contribution in [2.24, 2.45) is 0 Å². The number of aryl methyl sites for hydroxylation is 6. The molecular weight excluding hydrogens is 244 g/mol. The standard InChI is InChI=1S/C18H26N2/c1-15-7-11-19(13-17(15)3)9-5-6-10-20-12-8-16(2)18(4)14-20/h7-8,11-14H,5-6,9-10H2,1-4H3/q+2. The first-order valence-corrected chi connectivity index (χ1v) is 7.49. The molecule has 0 radical (unpaired) electrons. The summed E-state index contributed by atoms with van der Waals surface area (Å²) in [5.74, 6) is 0. The van der Waals surface area contributed by atoms with Crippen molar-refractivity contribution >= 4 is 0 Å². The van der Waals surface area contributed by atoms with E-state index in [0.717, 1.165) is 13.1 Å². The van der Waals surface area contributed by atoms with Gasteiger partial charge in [-0.2, -0.15) is 0 Å². The van der Waals surface area contributed by atoms with Crippen LogP contribution in [0.5, 0.6) is 0 Å². The van der Waals surface area contributed by atoms with Crippen molar-refractivity contribution < 1.29 is 9.13 Å². The predicted octanol–water partition coefficient (Wildman–Crippen LogP) is 2.98. The Morgan fingerprint density at radius 2 is 1.05 bits per heavy atom. The predicted molar refractivity (Wildman–Crippen MR) is 81.5 cm³/mol. The van der Waals surface area contributed by atoms with Gasteiger partial charge < -0.3 is 0 Å². The first-order valence-electron chi connectivity index (χ1n) is 7.49. The van der Waals surface area contributed by atoms with Gasteiger partial charge in [-0.1, -0.05) is 0 Å². The molecule has 0 bridgehead atoms. The average molecular weight is 270 g/mol. The second kappa shape index (κ2) is 6.65. The zero-order valence-corrected chi connectivity index (χ0v) is 13.2. The molecule has 0 aromatic carbocycles. The Labute approximate surface area is 122 Å². The first-order chi connectivity index (χ1) is 9.56. The van der Waals surface area contributed by atoms with E-state index in [0.29, 0.717) is 0 Å². The topological polar surface area (TPSA) is 7.76 Å². The van der Waals surface area contributed by atoms with Gasteiger partial charge in [0.2, 0.25) is 0 Å². The monoisotopic (exact) mass is 270 g/mol. The van der Waals surface area contributed by atoms with Crippen molar-refractivity contribution in [3.05, 3.63) is 59.2 Å². The molecule has 2 aromatic heterocycles. The van der Waals surface area contributed by atoms with Crippen LogP contribution in [0.15, 0.2) is 36.9 Å². The smallest absolute Gasteiger partial charge is 0.171 e. The van der Waals surface area contributed by atoms with Crippen molar-refractivity contribution in [1.29, 1.82) is 0 Å². The van der Waals surface area contributed by atoms with Gasteiger partial charge in [-0.05, 0) is 38.8 Å². The summed E-state index contributed by atoms with van der Waals surface area (Å²) in [6, 6.07) is 4.40. The fourth-order valence-corrected chi connectivity index (χ4v) is 2.33. The molecule has 20 heavy (non-hydrogen) atoms. The number of hydrogen-bond donors (Lipinski definition) is 0. The van der Waals surface area contributed by atoms with E-state index in [4.69, 9.17) is 0 Å². The zero-order chi connectivity index (χ0) is 14.5. The summed E-state index contributed by atoms with van der Waals surface area (Å²) >= 11 is 0. The molecule has 0 N–H and O–H groups in total. The summed E-state index contributed by atoms with van der Waals surface area (Å²) < 4.78 is 4.60. The van der Waals surface area contributed by atoms with Crippen LogP contribution in [0.2, 0.25) is 0 Å². The van der Waals surface area contributed by atoms with E-state index in [1.165, 1.54) is 35.1 Å². The fraction of sp³-hybridized carbons (Fsp3) is 0.444. The molecule has 0 aliphatic carbocycles. The zero-order valence-electron chi connectivity index (χ0n) is 13.2. The summed E-state index contributed by atoms with van der Waals surface area (Å²) in [6.45, 7) is 10.9. The van der Waals surface area contributed by atoms with E-state index >= 15 is 0 Å². The van der Waals surface area contributed by atoms with E-state index in [1.807, 2.05) is 0 Å². The quantitative estimate of drug-likeness (QED) is 0.583. The molecule has 2 nitrogen and oxygen atoms in total. The van der Waals surface area contributed by atoms with Crippen LogP contribution in [0.3, 0.4) is 0 Å². The summed E-state index contributed by atoms with van der Waals surface area (Å²) in [6.07, 6.45) is 11.3. The van der Waals surface area contributed by atoms with Crippen molar-refractivity contribution in [1.82, 2.24) is 0 Å². The molecule has 2 heterocycles. The highest BCUT2D eigenvalue weighted by molar-refractivity contribution is 5.17.